The van der Waals surface area contributed by atoms with Crippen molar-refractivity contribution in [2.24, 2.45) is 0 Å². The first-order chi connectivity index (χ1) is 21.6. The average molecular weight is 614 g/mol. The Balaban J connectivity index is 1.46. The van der Waals surface area contributed by atoms with Crippen molar-refractivity contribution in [2.45, 2.75) is 78.6 Å². The highest BCUT2D eigenvalue weighted by molar-refractivity contribution is 5.99. The van der Waals surface area contributed by atoms with Crippen LogP contribution in [-0.4, -0.2) is 79.7 Å². The van der Waals surface area contributed by atoms with Crippen molar-refractivity contribution < 1.29 is 9.53 Å². The number of pyridine rings is 1. The van der Waals surface area contributed by atoms with Crippen molar-refractivity contribution >= 4 is 11.6 Å². The topological polar surface area (TPSA) is 80.9 Å². The summed E-state index contributed by atoms with van der Waals surface area (Å²) < 4.78 is 5.51. The van der Waals surface area contributed by atoms with Gasteiger partial charge in [0.05, 0.1) is 13.2 Å². The third-order valence-corrected chi connectivity index (χ3v) is 9.82. The predicted octanol–water partition coefficient (Wildman–Crippen LogP) is 5.43. The molecule has 1 amide bonds. The minimum Gasteiger partial charge on any atom is -0.379 e. The van der Waals surface area contributed by atoms with Gasteiger partial charge in [0.25, 0.3) is 5.91 Å². The smallest absolute Gasteiger partial charge is 0.251 e. The van der Waals surface area contributed by atoms with Gasteiger partial charge in [-0.05, 0) is 102 Å². The third-order valence-electron chi connectivity index (χ3n) is 9.82. The number of hydrogen-bond acceptors (Lipinski definition) is 6. The van der Waals surface area contributed by atoms with E-state index in [-0.39, 0.29) is 17.9 Å². The van der Waals surface area contributed by atoms with Crippen molar-refractivity contribution in [3.63, 3.8) is 0 Å². The fourth-order valence-corrected chi connectivity index (χ4v) is 7.09. The summed E-state index contributed by atoms with van der Waals surface area (Å²) in [5.74, 6) is -0.161. The summed E-state index contributed by atoms with van der Waals surface area (Å²) >= 11 is 0. The van der Waals surface area contributed by atoms with Crippen LogP contribution in [0.5, 0.6) is 0 Å². The van der Waals surface area contributed by atoms with Crippen LogP contribution in [0.15, 0.2) is 47.3 Å². The largest absolute Gasteiger partial charge is 0.379 e. The van der Waals surface area contributed by atoms with Gasteiger partial charge in [0.2, 0.25) is 0 Å². The Labute approximate surface area is 268 Å². The highest BCUT2D eigenvalue weighted by Gasteiger charge is 2.28. The maximum atomic E-state index is 13.9. The Morgan fingerprint density at radius 2 is 1.62 bits per heavy atom. The fourth-order valence-electron chi connectivity index (χ4n) is 7.09. The number of amides is 1. The molecule has 1 aliphatic carbocycles. The Hall–Kier alpha value is -3.46. The van der Waals surface area contributed by atoms with E-state index in [0.29, 0.717) is 23.2 Å². The maximum Gasteiger partial charge on any atom is 0.251 e. The number of morpholine rings is 1. The summed E-state index contributed by atoms with van der Waals surface area (Å²) in [6.45, 7) is 13.5. The monoisotopic (exact) mass is 613 g/mol. The zero-order valence-electron chi connectivity index (χ0n) is 28.0. The molecule has 1 aliphatic heterocycles. The molecule has 3 aromatic rings. The van der Waals surface area contributed by atoms with Gasteiger partial charge in [-0.1, -0.05) is 24.3 Å². The highest BCUT2D eigenvalue weighted by Crippen LogP contribution is 2.36. The highest BCUT2D eigenvalue weighted by atomic mass is 16.5. The summed E-state index contributed by atoms with van der Waals surface area (Å²) in [5.41, 5.74) is 8.29. The lowest BCUT2D eigenvalue weighted by atomic mass is 9.88. The number of nitrogens with zero attached hydrogens (tertiary/aromatic N) is 3. The Morgan fingerprint density at radius 1 is 0.956 bits per heavy atom. The van der Waals surface area contributed by atoms with E-state index in [4.69, 9.17) is 4.74 Å². The van der Waals surface area contributed by atoms with Crippen molar-refractivity contribution in [2.75, 3.05) is 51.8 Å². The molecule has 8 heteroatoms. The van der Waals surface area contributed by atoms with E-state index < -0.39 is 0 Å². The van der Waals surface area contributed by atoms with E-state index in [9.17, 15) is 9.59 Å². The zero-order chi connectivity index (χ0) is 32.1. The molecule has 0 unspecified atom stereocenters. The lowest BCUT2D eigenvalue weighted by Crippen LogP contribution is -2.42. The standard InChI is InChI=1S/C37H51N5O3/c1-7-42(32-14-12-31(13-15-32)40(5)6)35-22-30(29-10-8-28(9-11-29)24-41-16-18-45-19-17-41)21-33(26(35)3)37(44)38-23-34-27(4)39-25(2)20-36(34)43/h8-11,20-22,31-32H,7,12-19,23-24H2,1-6H3,(H,38,44)(H,39,43)/t31-,32-. The number of aryl methyl sites for hydroxylation is 2. The van der Waals surface area contributed by atoms with Crippen molar-refractivity contribution in [3.8, 4) is 11.1 Å². The fraction of sp³-hybridized carbons (Fsp3) is 0.514. The third kappa shape index (κ3) is 7.86. The maximum absolute atomic E-state index is 13.9. The van der Waals surface area contributed by atoms with Crippen molar-refractivity contribution in [1.82, 2.24) is 20.1 Å². The molecule has 2 N–H and O–H groups in total. The molecule has 1 saturated carbocycles. The summed E-state index contributed by atoms with van der Waals surface area (Å²) in [6, 6.07) is 15.7. The van der Waals surface area contributed by atoms with Crippen LogP contribution >= 0.6 is 0 Å². The minimum atomic E-state index is -0.161. The van der Waals surface area contributed by atoms with Crippen LogP contribution in [-0.2, 0) is 17.8 Å². The first-order valence-electron chi connectivity index (χ1n) is 16.6. The predicted molar refractivity (Wildman–Crippen MR) is 183 cm³/mol. The molecule has 8 nitrogen and oxygen atoms in total. The number of anilines is 1. The number of rotatable bonds is 10. The zero-order valence-corrected chi connectivity index (χ0v) is 28.0. The summed E-state index contributed by atoms with van der Waals surface area (Å²) in [4.78, 5) is 37.1. The molecule has 2 heterocycles. The van der Waals surface area contributed by atoms with Crippen molar-refractivity contribution in [1.29, 1.82) is 0 Å². The molecule has 5 rings (SSSR count). The second kappa shape index (κ2) is 14.8. The van der Waals surface area contributed by atoms with E-state index in [1.807, 2.05) is 19.9 Å². The number of ether oxygens (including phenoxy) is 1. The normalized spacial score (nSPS) is 19.1. The number of benzene rings is 2. The second-order valence-corrected chi connectivity index (χ2v) is 13.1. The van der Waals surface area contributed by atoms with E-state index >= 15 is 0 Å². The van der Waals surface area contributed by atoms with Gasteiger partial charge in [-0.2, -0.15) is 0 Å². The lowest BCUT2D eigenvalue weighted by Gasteiger charge is -2.40. The SMILES string of the molecule is CCN(c1cc(-c2ccc(CN3CCOCC3)cc2)cc(C(=O)NCc2c(C)[nH]c(C)cc2=O)c1C)[C@H]1CC[C@H](N(C)C)CC1. The van der Waals surface area contributed by atoms with Gasteiger partial charge in [0.15, 0.2) is 5.43 Å². The van der Waals surface area contributed by atoms with Crippen LogP contribution in [0.2, 0.25) is 0 Å². The first kappa shape index (κ1) is 32.9. The summed E-state index contributed by atoms with van der Waals surface area (Å²) in [5, 5.41) is 3.07. The van der Waals surface area contributed by atoms with Crippen LogP contribution in [0.1, 0.15) is 71.0 Å². The van der Waals surface area contributed by atoms with Crippen LogP contribution in [0.25, 0.3) is 11.1 Å². The number of aromatic amines is 1. The number of H-pyrrole nitrogens is 1. The second-order valence-electron chi connectivity index (χ2n) is 13.1. The van der Waals surface area contributed by atoms with Crippen LogP contribution in [0.4, 0.5) is 5.69 Å². The number of hydrogen-bond donors (Lipinski definition) is 2. The van der Waals surface area contributed by atoms with Gasteiger partial charge in [-0.3, -0.25) is 14.5 Å². The minimum absolute atomic E-state index is 0.0575. The molecule has 1 aromatic heterocycles. The first-order valence-corrected chi connectivity index (χ1v) is 16.6. The van der Waals surface area contributed by atoms with Gasteiger partial charge < -0.3 is 24.8 Å². The van der Waals surface area contributed by atoms with E-state index in [2.05, 4.69) is 83.3 Å². The molecule has 2 aliphatic rings. The molecule has 242 valence electrons. The molecule has 0 bridgehead atoms. The number of nitrogens with one attached hydrogen (secondary N) is 2. The molecule has 45 heavy (non-hydrogen) atoms. The molecule has 0 spiro atoms. The van der Waals surface area contributed by atoms with Crippen LogP contribution in [0, 0.1) is 20.8 Å². The van der Waals surface area contributed by atoms with Crippen molar-refractivity contribution in [3.05, 3.63) is 86.3 Å². The van der Waals surface area contributed by atoms with Gasteiger partial charge >= 0.3 is 0 Å². The van der Waals surface area contributed by atoms with Gasteiger partial charge in [0, 0.05) is 79.1 Å². The number of carbonyl (C=O) groups is 1. The molecular weight excluding hydrogens is 562 g/mol. The Kier molecular flexibility index (Phi) is 10.8. The molecule has 2 fully saturated rings. The molecule has 2 aromatic carbocycles. The average Bonchev–Trinajstić information content (AvgIpc) is 3.02. The van der Waals surface area contributed by atoms with Gasteiger partial charge in [0.1, 0.15) is 0 Å². The van der Waals surface area contributed by atoms with Crippen LogP contribution in [0.3, 0.4) is 0 Å². The number of carbonyl (C=O) groups excluding carboxylic acids is 1. The van der Waals surface area contributed by atoms with Gasteiger partial charge in [-0.25, -0.2) is 0 Å². The van der Waals surface area contributed by atoms with E-state index in [1.165, 1.54) is 18.4 Å². The summed E-state index contributed by atoms with van der Waals surface area (Å²) in [6.07, 6.45) is 4.62. The Morgan fingerprint density at radius 3 is 2.24 bits per heavy atom. The Bertz CT molecular complexity index is 1520. The number of aromatic nitrogens is 1. The summed E-state index contributed by atoms with van der Waals surface area (Å²) in [7, 11) is 4.36. The van der Waals surface area contributed by atoms with E-state index in [0.717, 1.165) is 86.0 Å². The molecule has 0 radical (unpaired) electrons. The van der Waals surface area contributed by atoms with Gasteiger partial charge in [-0.15, -0.1) is 0 Å². The van der Waals surface area contributed by atoms with E-state index in [1.54, 1.807) is 6.07 Å². The van der Waals surface area contributed by atoms with Crippen LogP contribution < -0.4 is 15.6 Å². The molecule has 1 saturated heterocycles. The lowest BCUT2D eigenvalue weighted by molar-refractivity contribution is 0.0342. The quantitative estimate of drug-likeness (QED) is 0.318. The molecule has 0 atom stereocenters. The molecular formula is C37H51N5O3.